The van der Waals surface area contributed by atoms with E-state index in [2.05, 4.69) is 30.3 Å². The molecule has 0 amide bonds. The van der Waals surface area contributed by atoms with E-state index < -0.39 is 5.97 Å². The van der Waals surface area contributed by atoms with Gasteiger partial charge in [0.2, 0.25) is 0 Å². The number of benzene rings is 3. The number of carboxylic acids is 1. The number of hydrogen-bond donors (Lipinski definition) is 1. The van der Waals surface area contributed by atoms with Crippen molar-refractivity contribution in [3.05, 3.63) is 88.5 Å². The zero-order chi connectivity index (χ0) is 16.2. The lowest BCUT2D eigenvalue weighted by atomic mass is 9.97. The van der Waals surface area contributed by atoms with Crippen LogP contribution in [0.2, 0.25) is 5.02 Å². The third-order valence-corrected chi connectivity index (χ3v) is 3.96. The SMILES string of the molecule is O=C(O)/C=C/c1cc(Cl)ccc1Cc1ccc2ccccc2c1. The van der Waals surface area contributed by atoms with Gasteiger partial charge in [-0.2, -0.15) is 0 Å². The molecule has 3 rings (SSSR count). The molecule has 2 nitrogen and oxygen atoms in total. The minimum absolute atomic E-state index is 0.595. The van der Waals surface area contributed by atoms with Crippen LogP contribution in [-0.4, -0.2) is 11.1 Å². The van der Waals surface area contributed by atoms with Crippen molar-refractivity contribution in [2.75, 3.05) is 0 Å². The summed E-state index contributed by atoms with van der Waals surface area (Å²) in [7, 11) is 0. The first-order valence-corrected chi connectivity index (χ1v) is 7.67. The number of aliphatic carboxylic acids is 1. The first-order chi connectivity index (χ1) is 11.1. The molecule has 0 spiro atoms. The van der Waals surface area contributed by atoms with Crippen LogP contribution in [0.5, 0.6) is 0 Å². The molecule has 114 valence electrons. The van der Waals surface area contributed by atoms with Gasteiger partial charge in [0.05, 0.1) is 0 Å². The Morgan fingerprint density at radius 2 is 1.78 bits per heavy atom. The maximum Gasteiger partial charge on any atom is 0.328 e. The van der Waals surface area contributed by atoms with Crippen LogP contribution in [0, 0.1) is 0 Å². The van der Waals surface area contributed by atoms with Crippen LogP contribution < -0.4 is 0 Å². The van der Waals surface area contributed by atoms with Gasteiger partial charge < -0.3 is 5.11 Å². The van der Waals surface area contributed by atoms with Gasteiger partial charge >= 0.3 is 5.97 Å². The average Bonchev–Trinajstić information content (AvgIpc) is 2.55. The van der Waals surface area contributed by atoms with Crippen molar-refractivity contribution in [1.82, 2.24) is 0 Å². The molecule has 0 aliphatic rings. The maximum atomic E-state index is 10.8. The van der Waals surface area contributed by atoms with Gasteiger partial charge in [0.15, 0.2) is 0 Å². The van der Waals surface area contributed by atoms with Gasteiger partial charge in [-0.05, 0) is 52.1 Å². The molecule has 0 saturated heterocycles. The Balaban J connectivity index is 1.96. The Kier molecular flexibility index (Phi) is 4.45. The Hall–Kier alpha value is -2.58. The smallest absolute Gasteiger partial charge is 0.328 e. The van der Waals surface area contributed by atoms with Crippen LogP contribution in [0.1, 0.15) is 16.7 Å². The summed E-state index contributed by atoms with van der Waals surface area (Å²) in [6, 6.07) is 20.1. The quantitative estimate of drug-likeness (QED) is 0.672. The Labute approximate surface area is 139 Å². The second-order valence-corrected chi connectivity index (χ2v) is 5.81. The van der Waals surface area contributed by atoms with Gasteiger partial charge in [0.1, 0.15) is 0 Å². The van der Waals surface area contributed by atoms with Gasteiger partial charge in [0, 0.05) is 11.1 Å². The fourth-order valence-corrected chi connectivity index (χ4v) is 2.79. The molecule has 1 N–H and O–H groups in total. The summed E-state index contributed by atoms with van der Waals surface area (Å²) in [5.41, 5.74) is 3.05. The average molecular weight is 323 g/mol. The highest BCUT2D eigenvalue weighted by Crippen LogP contribution is 2.23. The maximum absolute atomic E-state index is 10.8. The number of rotatable bonds is 4. The van der Waals surface area contributed by atoms with E-state index in [-0.39, 0.29) is 0 Å². The van der Waals surface area contributed by atoms with Gasteiger partial charge in [-0.25, -0.2) is 4.79 Å². The first kappa shape index (κ1) is 15.3. The van der Waals surface area contributed by atoms with Crippen LogP contribution >= 0.6 is 11.6 Å². The van der Waals surface area contributed by atoms with E-state index in [4.69, 9.17) is 16.7 Å². The molecule has 0 atom stereocenters. The third-order valence-electron chi connectivity index (χ3n) is 3.72. The van der Waals surface area contributed by atoms with Crippen LogP contribution in [0.25, 0.3) is 16.8 Å². The minimum atomic E-state index is -0.971. The van der Waals surface area contributed by atoms with E-state index in [9.17, 15) is 4.79 Å². The molecule has 0 fully saturated rings. The molecule has 23 heavy (non-hydrogen) atoms. The van der Waals surface area contributed by atoms with Crippen LogP contribution in [0.4, 0.5) is 0 Å². The van der Waals surface area contributed by atoms with Crippen molar-refractivity contribution in [3.63, 3.8) is 0 Å². The molecular weight excluding hydrogens is 308 g/mol. The summed E-state index contributed by atoms with van der Waals surface area (Å²) in [5, 5.41) is 11.8. The second kappa shape index (κ2) is 6.67. The summed E-state index contributed by atoms with van der Waals surface area (Å²) in [5.74, 6) is -0.971. The number of halogens is 1. The lowest BCUT2D eigenvalue weighted by Crippen LogP contribution is -1.93. The number of carboxylic acid groups (broad SMARTS) is 1. The first-order valence-electron chi connectivity index (χ1n) is 7.29. The van der Waals surface area contributed by atoms with Crippen LogP contribution in [0.15, 0.2) is 66.7 Å². The minimum Gasteiger partial charge on any atom is -0.478 e. The molecule has 0 unspecified atom stereocenters. The monoisotopic (exact) mass is 322 g/mol. The third kappa shape index (κ3) is 3.79. The van der Waals surface area contributed by atoms with Crippen molar-refractivity contribution < 1.29 is 9.90 Å². The molecule has 0 heterocycles. The molecule has 0 bridgehead atoms. The number of hydrogen-bond acceptors (Lipinski definition) is 1. The van der Waals surface area contributed by atoms with Crippen molar-refractivity contribution >= 4 is 34.4 Å². The fraction of sp³-hybridized carbons (Fsp3) is 0.0500. The zero-order valence-electron chi connectivity index (χ0n) is 12.4. The summed E-state index contributed by atoms with van der Waals surface area (Å²) >= 11 is 6.03. The molecule has 3 aromatic carbocycles. The van der Waals surface area contributed by atoms with E-state index in [1.165, 1.54) is 16.3 Å². The zero-order valence-corrected chi connectivity index (χ0v) is 13.1. The van der Waals surface area contributed by atoms with E-state index in [0.29, 0.717) is 5.02 Å². The topological polar surface area (TPSA) is 37.3 Å². The normalized spacial score (nSPS) is 11.2. The number of carbonyl (C=O) groups is 1. The molecule has 0 saturated carbocycles. The molecule has 3 aromatic rings. The van der Waals surface area contributed by atoms with E-state index in [1.807, 2.05) is 24.3 Å². The van der Waals surface area contributed by atoms with E-state index >= 15 is 0 Å². The fourth-order valence-electron chi connectivity index (χ4n) is 2.61. The number of fused-ring (bicyclic) bond motifs is 1. The molecule has 3 heteroatoms. The highest BCUT2D eigenvalue weighted by atomic mass is 35.5. The highest BCUT2D eigenvalue weighted by Gasteiger charge is 2.04. The summed E-state index contributed by atoms with van der Waals surface area (Å²) in [6.45, 7) is 0. The predicted octanol–water partition coefficient (Wildman–Crippen LogP) is 5.18. The summed E-state index contributed by atoms with van der Waals surface area (Å²) in [4.78, 5) is 10.8. The van der Waals surface area contributed by atoms with Crippen molar-refractivity contribution in [1.29, 1.82) is 0 Å². The highest BCUT2D eigenvalue weighted by molar-refractivity contribution is 6.30. The largest absolute Gasteiger partial charge is 0.478 e. The molecule has 0 aromatic heterocycles. The van der Waals surface area contributed by atoms with Gasteiger partial charge in [-0.15, -0.1) is 0 Å². The lowest BCUT2D eigenvalue weighted by Gasteiger charge is -2.08. The van der Waals surface area contributed by atoms with E-state index in [0.717, 1.165) is 23.6 Å². The molecule has 0 aliphatic heterocycles. The molecular formula is C20H15ClO2. The summed E-state index contributed by atoms with van der Waals surface area (Å²) in [6.07, 6.45) is 3.45. The molecule has 0 radical (unpaired) electrons. The standard InChI is InChI=1S/C20H15ClO2/c21-19-9-7-17(18(13-19)8-10-20(22)23)12-14-5-6-15-3-1-2-4-16(15)11-14/h1-11,13H,12H2,(H,22,23)/b10-8+. The Morgan fingerprint density at radius 1 is 1.00 bits per heavy atom. The van der Waals surface area contributed by atoms with Crippen LogP contribution in [0.3, 0.4) is 0 Å². The second-order valence-electron chi connectivity index (χ2n) is 5.37. The summed E-state index contributed by atoms with van der Waals surface area (Å²) < 4.78 is 0. The Bertz CT molecular complexity index is 897. The van der Waals surface area contributed by atoms with Gasteiger partial charge in [-0.3, -0.25) is 0 Å². The van der Waals surface area contributed by atoms with Crippen molar-refractivity contribution in [2.24, 2.45) is 0 Å². The van der Waals surface area contributed by atoms with E-state index in [1.54, 1.807) is 12.1 Å². The predicted molar refractivity (Wildman–Crippen MR) is 94.9 cm³/mol. The van der Waals surface area contributed by atoms with Crippen LogP contribution in [-0.2, 0) is 11.2 Å². The Morgan fingerprint density at radius 3 is 2.57 bits per heavy atom. The van der Waals surface area contributed by atoms with Gasteiger partial charge in [-0.1, -0.05) is 60.1 Å². The van der Waals surface area contributed by atoms with Gasteiger partial charge in [0.25, 0.3) is 0 Å². The lowest BCUT2D eigenvalue weighted by molar-refractivity contribution is -0.131. The van der Waals surface area contributed by atoms with Crippen molar-refractivity contribution in [3.8, 4) is 0 Å². The molecule has 0 aliphatic carbocycles. The van der Waals surface area contributed by atoms with Crippen molar-refractivity contribution in [2.45, 2.75) is 6.42 Å².